The molecule has 9 nitrogen and oxygen atoms in total. The van der Waals surface area contributed by atoms with E-state index in [0.29, 0.717) is 22.3 Å². The molecule has 0 spiro atoms. The van der Waals surface area contributed by atoms with Gasteiger partial charge in [0.1, 0.15) is 5.75 Å². The molecule has 4 aromatic rings. The quantitative estimate of drug-likeness (QED) is 0.484. The van der Waals surface area contributed by atoms with Crippen molar-refractivity contribution in [3.63, 3.8) is 0 Å². The first-order valence-electron chi connectivity index (χ1n) is 9.40. The van der Waals surface area contributed by atoms with E-state index in [1.165, 1.54) is 11.6 Å². The molecule has 158 valence electrons. The van der Waals surface area contributed by atoms with Crippen molar-refractivity contribution in [1.29, 1.82) is 0 Å². The van der Waals surface area contributed by atoms with E-state index in [4.69, 9.17) is 25.8 Å². The number of hydrogen-bond acceptors (Lipinski definition) is 6. The maximum Gasteiger partial charge on any atom is 0.332 e. The number of rotatable bonds is 4. The molecule has 0 aliphatic carbocycles. The third kappa shape index (κ3) is 3.23. The summed E-state index contributed by atoms with van der Waals surface area (Å²) in [5.74, 6) is 1.63. The first kappa shape index (κ1) is 19.3. The molecule has 0 radical (unpaired) electrons. The molecule has 10 heteroatoms. The third-order valence-electron chi connectivity index (χ3n) is 5.10. The van der Waals surface area contributed by atoms with Gasteiger partial charge in [0, 0.05) is 25.2 Å². The van der Waals surface area contributed by atoms with Gasteiger partial charge in [0.2, 0.25) is 6.79 Å². The summed E-state index contributed by atoms with van der Waals surface area (Å²) in [6.45, 7) is 0.411. The number of halogens is 1. The van der Waals surface area contributed by atoms with Crippen LogP contribution in [0.5, 0.6) is 23.3 Å². The highest BCUT2D eigenvalue weighted by Gasteiger charge is 2.22. The largest absolute Gasteiger partial charge is 0.454 e. The van der Waals surface area contributed by atoms with Crippen LogP contribution in [0.25, 0.3) is 11.2 Å². The number of nitrogens with zero attached hydrogens (tertiary/aromatic N) is 4. The van der Waals surface area contributed by atoms with Crippen molar-refractivity contribution < 1.29 is 14.2 Å². The van der Waals surface area contributed by atoms with Gasteiger partial charge in [0.05, 0.1) is 6.54 Å². The van der Waals surface area contributed by atoms with E-state index in [9.17, 15) is 9.59 Å². The van der Waals surface area contributed by atoms with Gasteiger partial charge in [-0.3, -0.25) is 18.5 Å². The average Bonchev–Trinajstić information content (AvgIpc) is 3.35. The molecule has 0 unspecified atom stereocenters. The first-order valence-corrected chi connectivity index (χ1v) is 9.78. The van der Waals surface area contributed by atoms with Crippen molar-refractivity contribution in [3.05, 3.63) is 73.9 Å². The van der Waals surface area contributed by atoms with E-state index in [2.05, 4.69) is 4.98 Å². The van der Waals surface area contributed by atoms with Crippen LogP contribution in [0.2, 0.25) is 5.02 Å². The van der Waals surface area contributed by atoms with Crippen molar-refractivity contribution in [2.24, 2.45) is 14.1 Å². The van der Waals surface area contributed by atoms with Gasteiger partial charge in [0.15, 0.2) is 22.7 Å². The van der Waals surface area contributed by atoms with Gasteiger partial charge >= 0.3 is 11.7 Å². The lowest BCUT2D eigenvalue weighted by atomic mass is 10.2. The molecule has 2 aromatic carbocycles. The number of hydrogen-bond donors (Lipinski definition) is 0. The number of ether oxygens (including phenoxy) is 3. The lowest BCUT2D eigenvalue weighted by molar-refractivity contribution is 0.174. The summed E-state index contributed by atoms with van der Waals surface area (Å²) in [7, 11) is 2.99. The summed E-state index contributed by atoms with van der Waals surface area (Å²) in [6.07, 6.45) is 0. The molecule has 0 atom stereocenters. The fourth-order valence-electron chi connectivity index (χ4n) is 3.51. The van der Waals surface area contributed by atoms with E-state index in [0.717, 1.165) is 10.1 Å². The van der Waals surface area contributed by atoms with Crippen LogP contribution in [0.1, 0.15) is 5.56 Å². The molecule has 5 rings (SSSR count). The number of aryl methyl sites for hydroxylation is 1. The number of fused-ring (bicyclic) bond motifs is 2. The standard InChI is InChI=1S/C21H17ClN4O5/c1-24-18-17(19(27)25(2)21(24)28)26(10-12-4-3-5-13(22)8-12)20(23-18)31-14-6-7-15-16(9-14)30-11-29-15/h3-9H,10-11H2,1-2H3. The first-order chi connectivity index (χ1) is 14.9. The van der Waals surface area contributed by atoms with Crippen molar-refractivity contribution in [3.8, 4) is 23.3 Å². The smallest absolute Gasteiger partial charge is 0.332 e. The minimum absolute atomic E-state index is 0.143. The van der Waals surface area contributed by atoms with Crippen LogP contribution in [0.3, 0.4) is 0 Å². The van der Waals surface area contributed by atoms with Crippen LogP contribution in [0, 0.1) is 0 Å². The van der Waals surface area contributed by atoms with Crippen LogP contribution in [0.15, 0.2) is 52.1 Å². The second kappa shape index (κ2) is 7.21. The van der Waals surface area contributed by atoms with Crippen molar-refractivity contribution in [2.45, 2.75) is 6.54 Å². The monoisotopic (exact) mass is 440 g/mol. The molecule has 1 aliphatic heterocycles. The summed E-state index contributed by atoms with van der Waals surface area (Å²) < 4.78 is 20.8. The maximum atomic E-state index is 13.0. The Labute approximate surface area is 180 Å². The van der Waals surface area contributed by atoms with Gasteiger partial charge in [-0.05, 0) is 29.8 Å². The predicted octanol–water partition coefficient (Wildman–Crippen LogP) is 2.66. The van der Waals surface area contributed by atoms with Crippen molar-refractivity contribution >= 4 is 22.8 Å². The Hall–Kier alpha value is -3.72. The summed E-state index contributed by atoms with van der Waals surface area (Å²) in [4.78, 5) is 29.8. The SMILES string of the molecule is Cn1c(=O)c2c(nc(Oc3ccc4c(c3)OCO4)n2Cc2cccc(Cl)c2)n(C)c1=O. The Bertz CT molecular complexity index is 1450. The molecule has 0 N–H and O–H groups in total. The summed E-state index contributed by atoms with van der Waals surface area (Å²) >= 11 is 6.14. The molecule has 0 saturated carbocycles. The van der Waals surface area contributed by atoms with Crippen LogP contribution < -0.4 is 25.5 Å². The molecule has 1 aliphatic rings. The zero-order chi connectivity index (χ0) is 21.7. The minimum atomic E-state index is -0.473. The highest BCUT2D eigenvalue weighted by atomic mass is 35.5. The lowest BCUT2D eigenvalue weighted by Crippen LogP contribution is -2.37. The van der Waals surface area contributed by atoms with Gasteiger partial charge in [-0.15, -0.1) is 0 Å². The van der Waals surface area contributed by atoms with Crippen molar-refractivity contribution in [2.75, 3.05) is 6.79 Å². The van der Waals surface area contributed by atoms with Gasteiger partial charge in [-0.1, -0.05) is 23.7 Å². The maximum absolute atomic E-state index is 13.0. The number of aromatic nitrogens is 4. The van der Waals surface area contributed by atoms with Gasteiger partial charge in [-0.25, -0.2) is 4.79 Å². The molecule has 3 heterocycles. The van der Waals surface area contributed by atoms with Crippen LogP contribution in [-0.2, 0) is 20.6 Å². The summed E-state index contributed by atoms with van der Waals surface area (Å²) in [6, 6.07) is 12.6. The molecule has 0 amide bonds. The van der Waals surface area contributed by atoms with E-state index >= 15 is 0 Å². The van der Waals surface area contributed by atoms with E-state index in [1.807, 2.05) is 12.1 Å². The average molecular weight is 441 g/mol. The Morgan fingerprint density at radius 3 is 2.68 bits per heavy atom. The van der Waals surface area contributed by atoms with E-state index in [-0.39, 0.29) is 30.5 Å². The van der Waals surface area contributed by atoms with Crippen LogP contribution in [-0.4, -0.2) is 25.5 Å². The topological polar surface area (TPSA) is 89.5 Å². The number of imidazole rings is 1. The Balaban J connectivity index is 1.69. The summed E-state index contributed by atoms with van der Waals surface area (Å²) in [5, 5.41) is 0.570. The molecule has 2 aromatic heterocycles. The minimum Gasteiger partial charge on any atom is -0.454 e. The zero-order valence-corrected chi connectivity index (χ0v) is 17.4. The lowest BCUT2D eigenvalue weighted by Gasteiger charge is -2.11. The Morgan fingerprint density at radius 2 is 1.87 bits per heavy atom. The van der Waals surface area contributed by atoms with Gasteiger partial charge in [-0.2, -0.15) is 4.98 Å². The normalized spacial score (nSPS) is 12.5. The molecule has 31 heavy (non-hydrogen) atoms. The fraction of sp³-hybridized carbons (Fsp3) is 0.190. The molecular formula is C21H17ClN4O5. The molecular weight excluding hydrogens is 424 g/mol. The molecule has 0 saturated heterocycles. The van der Waals surface area contributed by atoms with Crippen molar-refractivity contribution in [1.82, 2.24) is 18.7 Å². The fourth-order valence-corrected chi connectivity index (χ4v) is 3.73. The third-order valence-corrected chi connectivity index (χ3v) is 5.33. The second-order valence-electron chi connectivity index (χ2n) is 7.11. The molecule has 0 bridgehead atoms. The highest BCUT2D eigenvalue weighted by molar-refractivity contribution is 6.30. The van der Waals surface area contributed by atoms with E-state index in [1.54, 1.807) is 41.9 Å². The summed E-state index contributed by atoms with van der Waals surface area (Å²) in [5.41, 5.74) is 0.386. The second-order valence-corrected chi connectivity index (χ2v) is 7.54. The number of benzene rings is 2. The highest BCUT2D eigenvalue weighted by Crippen LogP contribution is 2.36. The predicted molar refractivity (Wildman–Crippen MR) is 113 cm³/mol. The van der Waals surface area contributed by atoms with Gasteiger partial charge in [0.25, 0.3) is 5.56 Å². The van der Waals surface area contributed by atoms with Crippen LogP contribution >= 0.6 is 11.6 Å². The zero-order valence-electron chi connectivity index (χ0n) is 16.7. The Morgan fingerprint density at radius 1 is 1.06 bits per heavy atom. The van der Waals surface area contributed by atoms with Crippen LogP contribution in [0.4, 0.5) is 0 Å². The molecule has 0 fully saturated rings. The Kier molecular flexibility index (Phi) is 4.48. The van der Waals surface area contributed by atoms with Gasteiger partial charge < -0.3 is 14.2 Å². The van der Waals surface area contributed by atoms with E-state index < -0.39 is 11.2 Å².